The summed E-state index contributed by atoms with van der Waals surface area (Å²) >= 11 is 9.44. The lowest BCUT2D eigenvalue weighted by Crippen LogP contribution is -2.59. The van der Waals surface area contributed by atoms with Gasteiger partial charge in [0.1, 0.15) is 11.4 Å². The molecular weight excluding hydrogens is 464 g/mol. The van der Waals surface area contributed by atoms with Crippen molar-refractivity contribution < 1.29 is 14.6 Å². The fourth-order valence-corrected chi connectivity index (χ4v) is 3.93. The minimum Gasteiger partial charge on any atom is -0.505 e. The number of fused-ring (bicyclic) bond motifs is 1. The van der Waals surface area contributed by atoms with Crippen molar-refractivity contribution in [1.29, 1.82) is 0 Å². The molecule has 29 heavy (non-hydrogen) atoms. The second kappa shape index (κ2) is 7.68. The number of H-pyrrole nitrogens is 1. The zero-order valence-electron chi connectivity index (χ0n) is 16.9. The van der Waals surface area contributed by atoms with Crippen LogP contribution in [0.25, 0.3) is 10.9 Å². The highest BCUT2D eigenvalue weighted by atomic mass is 79.9. The first-order chi connectivity index (χ1) is 13.4. The number of carbonyl (C=O) groups is 1. The maximum Gasteiger partial charge on any atom is 0.410 e. The number of ether oxygens (including phenoxy) is 1. The van der Waals surface area contributed by atoms with Gasteiger partial charge in [-0.05, 0) is 56.6 Å². The number of carbonyl (C=O) groups excluding carboxylic acids is 1. The molecule has 1 amide bonds. The molecule has 1 aliphatic heterocycles. The van der Waals surface area contributed by atoms with Gasteiger partial charge >= 0.3 is 11.8 Å². The predicted octanol–water partition coefficient (Wildman–Crippen LogP) is 3.88. The van der Waals surface area contributed by atoms with E-state index in [1.165, 1.54) is 0 Å². The minimum absolute atomic E-state index is 0.138. The van der Waals surface area contributed by atoms with Gasteiger partial charge in [-0.3, -0.25) is 0 Å². The average molecular weight is 488 g/mol. The molecule has 2 aromatic rings. The second-order valence-electron chi connectivity index (χ2n) is 8.29. The van der Waals surface area contributed by atoms with Gasteiger partial charge < -0.3 is 24.6 Å². The molecule has 0 unspecified atom stereocenters. The third-order valence-corrected chi connectivity index (χ3v) is 6.09. The second-order valence-corrected chi connectivity index (χ2v) is 9.49. The highest BCUT2D eigenvalue weighted by Crippen LogP contribution is 2.40. The molecule has 1 aromatic carbocycles. The first kappa shape index (κ1) is 21.7. The topological polar surface area (TPSA) is 98.8 Å². The van der Waals surface area contributed by atoms with Crippen molar-refractivity contribution in [1.82, 2.24) is 14.9 Å². The predicted molar refractivity (Wildman–Crippen MR) is 116 cm³/mol. The molecule has 3 rings (SSSR count). The molecule has 0 spiro atoms. The number of phenolic OH excluding ortho intramolecular Hbond substituents is 1. The Hall–Kier alpha value is -2.00. The molecule has 1 aliphatic rings. The number of halogens is 2. The van der Waals surface area contributed by atoms with Gasteiger partial charge in [-0.1, -0.05) is 11.6 Å². The Bertz CT molecular complexity index is 1020. The van der Waals surface area contributed by atoms with Crippen LogP contribution in [0.5, 0.6) is 5.75 Å². The maximum absolute atomic E-state index is 12.6. The minimum atomic E-state index is -0.580. The summed E-state index contributed by atoms with van der Waals surface area (Å²) in [4.78, 5) is 35.1. The van der Waals surface area contributed by atoms with E-state index in [9.17, 15) is 14.7 Å². The first-order valence-electron chi connectivity index (χ1n) is 9.26. The van der Waals surface area contributed by atoms with E-state index in [1.54, 1.807) is 11.0 Å². The quantitative estimate of drug-likeness (QED) is 0.633. The van der Waals surface area contributed by atoms with Gasteiger partial charge in [-0.2, -0.15) is 4.98 Å². The molecule has 0 bridgehead atoms. The largest absolute Gasteiger partial charge is 0.505 e. The molecule has 0 saturated carbocycles. The maximum atomic E-state index is 12.6. The Morgan fingerprint density at radius 1 is 1.34 bits per heavy atom. The number of nitrogens with one attached hydrogen (secondary N) is 1. The number of hydrogen-bond acceptors (Lipinski definition) is 6. The number of anilines is 1. The van der Waals surface area contributed by atoms with E-state index in [-0.39, 0.29) is 29.4 Å². The van der Waals surface area contributed by atoms with Crippen LogP contribution in [0.4, 0.5) is 10.6 Å². The normalized spacial score (nSPS) is 20.2. The molecular formula is C19H24BrClN4O4. The van der Waals surface area contributed by atoms with E-state index >= 15 is 0 Å². The number of benzene rings is 1. The summed E-state index contributed by atoms with van der Waals surface area (Å²) in [5.41, 5.74) is -0.902. The van der Waals surface area contributed by atoms with E-state index in [4.69, 9.17) is 16.3 Å². The lowest BCUT2D eigenvalue weighted by molar-refractivity contribution is 0.0130. The zero-order chi connectivity index (χ0) is 21.7. The standard InChI is InChI=1S/C19H24BrClN4O4/c1-9-8-25(18(28)29-19(3,4)5)10(2)7-24(9)16-11-6-12(21)13(20)15(26)14(11)22-17(27)23-16/h6,9-10,26H,7-8H2,1-5H3,(H,22,23,27)/t9-,10+/m0/s1. The summed E-state index contributed by atoms with van der Waals surface area (Å²) in [5, 5.41) is 11.2. The summed E-state index contributed by atoms with van der Waals surface area (Å²) in [6, 6.07) is 1.34. The van der Waals surface area contributed by atoms with Gasteiger partial charge in [-0.15, -0.1) is 0 Å². The summed E-state index contributed by atoms with van der Waals surface area (Å²) in [5.74, 6) is 0.262. The number of aromatic amines is 1. The van der Waals surface area contributed by atoms with Crippen LogP contribution in [-0.4, -0.2) is 56.8 Å². The fourth-order valence-electron chi connectivity index (χ4n) is 3.42. The molecule has 1 aromatic heterocycles. The van der Waals surface area contributed by atoms with Crippen LogP contribution in [0.1, 0.15) is 34.6 Å². The molecule has 0 radical (unpaired) electrons. The smallest absolute Gasteiger partial charge is 0.410 e. The Morgan fingerprint density at radius 2 is 2.00 bits per heavy atom. The first-order valence-corrected chi connectivity index (χ1v) is 10.4. The third-order valence-electron chi connectivity index (χ3n) is 4.76. The van der Waals surface area contributed by atoms with Crippen LogP contribution in [0.3, 0.4) is 0 Å². The summed E-state index contributed by atoms with van der Waals surface area (Å²) in [7, 11) is 0. The molecule has 2 heterocycles. The molecule has 1 saturated heterocycles. The van der Waals surface area contributed by atoms with Crippen molar-refractivity contribution in [2.24, 2.45) is 0 Å². The van der Waals surface area contributed by atoms with Crippen LogP contribution in [0.2, 0.25) is 5.02 Å². The fraction of sp³-hybridized carbons (Fsp3) is 0.526. The number of phenols is 1. The zero-order valence-corrected chi connectivity index (χ0v) is 19.3. The molecule has 8 nitrogen and oxygen atoms in total. The number of piperazine rings is 1. The van der Waals surface area contributed by atoms with Gasteiger partial charge in [0.25, 0.3) is 0 Å². The highest BCUT2D eigenvalue weighted by molar-refractivity contribution is 9.10. The number of nitrogens with zero attached hydrogens (tertiary/aromatic N) is 3. The number of hydrogen-bond donors (Lipinski definition) is 2. The Morgan fingerprint density at radius 3 is 2.62 bits per heavy atom. The third kappa shape index (κ3) is 4.30. The number of aromatic nitrogens is 2. The Balaban J connectivity index is 2.00. The summed E-state index contributed by atoms with van der Waals surface area (Å²) in [6.07, 6.45) is -0.371. The lowest BCUT2D eigenvalue weighted by Gasteiger charge is -2.44. The molecule has 2 atom stereocenters. The van der Waals surface area contributed by atoms with Crippen LogP contribution in [0, 0.1) is 0 Å². The number of aromatic hydroxyl groups is 1. The van der Waals surface area contributed by atoms with Gasteiger partial charge in [0, 0.05) is 30.6 Å². The van der Waals surface area contributed by atoms with E-state index < -0.39 is 11.3 Å². The van der Waals surface area contributed by atoms with E-state index in [2.05, 4.69) is 25.9 Å². The van der Waals surface area contributed by atoms with Gasteiger partial charge in [0.05, 0.1) is 15.0 Å². The van der Waals surface area contributed by atoms with E-state index in [0.29, 0.717) is 33.8 Å². The van der Waals surface area contributed by atoms with Crippen molar-refractivity contribution in [3.05, 3.63) is 26.0 Å². The number of amides is 1. The monoisotopic (exact) mass is 486 g/mol. The summed E-state index contributed by atoms with van der Waals surface area (Å²) < 4.78 is 5.81. The molecule has 1 fully saturated rings. The highest BCUT2D eigenvalue weighted by Gasteiger charge is 2.36. The van der Waals surface area contributed by atoms with Crippen LogP contribution < -0.4 is 10.6 Å². The molecule has 158 valence electrons. The van der Waals surface area contributed by atoms with Gasteiger partial charge in [0.2, 0.25) is 0 Å². The summed E-state index contributed by atoms with van der Waals surface area (Å²) in [6.45, 7) is 10.2. The van der Waals surface area contributed by atoms with Crippen LogP contribution >= 0.6 is 27.5 Å². The van der Waals surface area contributed by atoms with E-state index in [1.807, 2.05) is 39.5 Å². The molecule has 10 heteroatoms. The Labute approximate surface area is 181 Å². The van der Waals surface area contributed by atoms with Crippen LogP contribution in [-0.2, 0) is 4.74 Å². The number of rotatable bonds is 1. The molecule has 2 N–H and O–H groups in total. The van der Waals surface area contributed by atoms with Crippen molar-refractivity contribution in [2.75, 3.05) is 18.0 Å². The average Bonchev–Trinajstić information content (AvgIpc) is 2.60. The SMILES string of the molecule is C[C@@H]1CN(c2nc(=O)[nH]c3c(O)c(Br)c(Cl)cc23)[C@@H](C)CN1C(=O)OC(C)(C)C. The van der Waals surface area contributed by atoms with E-state index in [0.717, 1.165) is 0 Å². The van der Waals surface area contributed by atoms with Crippen molar-refractivity contribution in [2.45, 2.75) is 52.3 Å². The van der Waals surface area contributed by atoms with Crippen molar-refractivity contribution >= 4 is 50.3 Å². The van der Waals surface area contributed by atoms with Crippen molar-refractivity contribution in [3.8, 4) is 5.75 Å². The lowest BCUT2D eigenvalue weighted by atomic mass is 10.1. The Kier molecular flexibility index (Phi) is 5.75. The van der Waals surface area contributed by atoms with Crippen LogP contribution in [0.15, 0.2) is 15.3 Å². The van der Waals surface area contributed by atoms with Gasteiger partial charge in [-0.25, -0.2) is 9.59 Å². The van der Waals surface area contributed by atoms with Gasteiger partial charge in [0.15, 0.2) is 5.75 Å². The molecule has 0 aliphatic carbocycles. The van der Waals surface area contributed by atoms with Crippen molar-refractivity contribution in [3.63, 3.8) is 0 Å².